The molecule has 0 aliphatic heterocycles. The van der Waals surface area contributed by atoms with Crippen LogP contribution in [0.1, 0.15) is 33.0 Å². The second-order valence-corrected chi connectivity index (χ2v) is 8.65. The highest BCUT2D eigenvalue weighted by Crippen LogP contribution is 2.28. The first-order chi connectivity index (χ1) is 17.0. The van der Waals surface area contributed by atoms with Crippen LogP contribution in [0.15, 0.2) is 85.2 Å². The van der Waals surface area contributed by atoms with Gasteiger partial charge in [-0.25, -0.2) is 9.37 Å². The van der Waals surface area contributed by atoms with Crippen molar-refractivity contribution in [2.24, 2.45) is 0 Å². The summed E-state index contributed by atoms with van der Waals surface area (Å²) >= 11 is 0. The topological polar surface area (TPSA) is 74.4 Å². The molecule has 0 fully saturated rings. The second-order valence-electron chi connectivity index (χ2n) is 8.65. The van der Waals surface area contributed by atoms with Crippen LogP contribution >= 0.6 is 0 Å². The van der Waals surface area contributed by atoms with Gasteiger partial charge in [0.2, 0.25) is 0 Å². The lowest BCUT2D eigenvalue weighted by Gasteiger charge is -2.05. The normalized spacial score (nSPS) is 11.4. The molecule has 0 saturated heterocycles. The van der Waals surface area contributed by atoms with E-state index < -0.39 is 0 Å². The number of imidazole rings is 1. The highest BCUT2D eigenvalue weighted by molar-refractivity contribution is 6.16. The van der Waals surface area contributed by atoms with E-state index in [1.807, 2.05) is 55.5 Å². The Labute approximate surface area is 200 Å². The summed E-state index contributed by atoms with van der Waals surface area (Å²) in [5, 5.41) is 0.856. The fourth-order valence-electron chi connectivity index (χ4n) is 4.50. The van der Waals surface area contributed by atoms with Crippen LogP contribution in [0.25, 0.3) is 33.1 Å². The van der Waals surface area contributed by atoms with Crippen molar-refractivity contribution in [2.75, 3.05) is 0 Å². The number of rotatable bonds is 5. The number of carbonyl (C=O) groups excluding carboxylic acids is 1. The maximum absolute atomic E-state index is 13.3. The molecule has 0 amide bonds. The lowest BCUT2D eigenvalue weighted by Crippen LogP contribution is -2.01. The molecule has 0 radical (unpaired) electrons. The number of aryl methyl sites for hydroxylation is 1. The highest BCUT2D eigenvalue weighted by atomic mass is 19.1. The predicted octanol–water partition coefficient (Wildman–Crippen LogP) is 6.38. The Morgan fingerprint density at radius 3 is 2.49 bits per heavy atom. The fourth-order valence-corrected chi connectivity index (χ4v) is 4.50. The molecule has 0 atom stereocenters. The highest BCUT2D eigenvalue weighted by Gasteiger charge is 2.15. The van der Waals surface area contributed by atoms with Gasteiger partial charge in [0.15, 0.2) is 5.78 Å². The van der Waals surface area contributed by atoms with Crippen molar-refractivity contribution in [3.05, 3.63) is 119 Å². The summed E-state index contributed by atoms with van der Waals surface area (Å²) in [7, 11) is 0. The largest absolute Gasteiger partial charge is 0.360 e. The zero-order valence-electron chi connectivity index (χ0n) is 19.0. The first-order valence-corrected chi connectivity index (χ1v) is 11.4. The molecule has 2 N–H and O–H groups in total. The van der Waals surface area contributed by atoms with E-state index in [0.29, 0.717) is 17.5 Å². The van der Waals surface area contributed by atoms with Gasteiger partial charge in [-0.15, -0.1) is 0 Å². The summed E-state index contributed by atoms with van der Waals surface area (Å²) in [6, 6.07) is 21.8. The maximum Gasteiger partial charge on any atom is 0.195 e. The van der Waals surface area contributed by atoms with Crippen molar-refractivity contribution in [1.29, 1.82) is 0 Å². The van der Waals surface area contributed by atoms with E-state index in [1.165, 1.54) is 12.1 Å². The minimum atomic E-state index is -0.266. The van der Waals surface area contributed by atoms with Gasteiger partial charge in [0.1, 0.15) is 17.2 Å². The van der Waals surface area contributed by atoms with E-state index in [2.05, 4.69) is 19.9 Å². The molecule has 3 heterocycles. The van der Waals surface area contributed by atoms with Crippen molar-refractivity contribution in [3.63, 3.8) is 0 Å². The Morgan fingerprint density at radius 1 is 0.914 bits per heavy atom. The van der Waals surface area contributed by atoms with Crippen LogP contribution in [0.3, 0.4) is 0 Å². The number of aromatic amines is 2. The van der Waals surface area contributed by atoms with Crippen molar-refractivity contribution in [2.45, 2.75) is 13.3 Å². The van der Waals surface area contributed by atoms with Crippen LogP contribution < -0.4 is 0 Å². The third-order valence-electron chi connectivity index (χ3n) is 6.29. The quantitative estimate of drug-likeness (QED) is 0.293. The van der Waals surface area contributed by atoms with Gasteiger partial charge in [-0.1, -0.05) is 48.5 Å². The molecule has 6 rings (SSSR count). The molecule has 0 bridgehead atoms. The molecule has 0 aliphatic carbocycles. The number of hydrogen-bond acceptors (Lipinski definition) is 3. The molecular formula is C29H21FN4O. The van der Waals surface area contributed by atoms with Gasteiger partial charge in [-0.2, -0.15) is 0 Å². The SMILES string of the molecule is Cc1nc2c(Cc3ccc(C(=O)c4c[nH]c5cc(-c6ccc(F)cc6)ccc45)cc3)nccc2[nH]1. The van der Waals surface area contributed by atoms with Gasteiger partial charge in [0.05, 0.1) is 11.2 Å². The summed E-state index contributed by atoms with van der Waals surface area (Å²) in [4.78, 5) is 28.8. The number of aromatic nitrogens is 4. The first-order valence-electron chi connectivity index (χ1n) is 11.4. The van der Waals surface area contributed by atoms with Crippen molar-refractivity contribution >= 4 is 27.7 Å². The van der Waals surface area contributed by atoms with Crippen LogP contribution in [-0.2, 0) is 6.42 Å². The van der Waals surface area contributed by atoms with Crippen LogP contribution in [0.5, 0.6) is 0 Å². The lowest BCUT2D eigenvalue weighted by molar-refractivity contribution is 0.104. The van der Waals surface area contributed by atoms with E-state index in [9.17, 15) is 9.18 Å². The Balaban J connectivity index is 1.25. The van der Waals surface area contributed by atoms with Crippen molar-refractivity contribution in [1.82, 2.24) is 19.9 Å². The summed E-state index contributed by atoms with van der Waals surface area (Å²) in [6.07, 6.45) is 4.17. The van der Waals surface area contributed by atoms with Crippen LogP contribution in [0, 0.1) is 12.7 Å². The number of H-pyrrole nitrogens is 2. The summed E-state index contributed by atoms with van der Waals surface area (Å²) in [6.45, 7) is 1.93. The minimum Gasteiger partial charge on any atom is -0.360 e. The number of pyridine rings is 1. The molecule has 5 nitrogen and oxygen atoms in total. The van der Waals surface area contributed by atoms with Gasteiger partial charge in [-0.05, 0) is 47.9 Å². The average Bonchev–Trinajstić information content (AvgIpc) is 3.47. The summed E-state index contributed by atoms with van der Waals surface area (Å²) in [5.41, 5.74) is 7.80. The average molecular weight is 461 g/mol. The van der Waals surface area contributed by atoms with E-state index in [-0.39, 0.29) is 11.6 Å². The molecule has 170 valence electrons. The number of ketones is 1. The standard InChI is InChI=1S/C29H21FN4O/c1-17-33-25-12-13-31-27(28(25)34-17)14-18-2-4-20(5-3-18)29(35)24-16-32-26-15-21(8-11-23(24)26)19-6-9-22(30)10-7-19/h2-13,15-16,32H,14H2,1H3,(H,33,34). The van der Waals surface area contributed by atoms with Gasteiger partial charge < -0.3 is 9.97 Å². The molecular weight excluding hydrogens is 439 g/mol. The summed E-state index contributed by atoms with van der Waals surface area (Å²) in [5.74, 6) is 0.553. The number of carbonyl (C=O) groups is 1. The Morgan fingerprint density at radius 2 is 1.69 bits per heavy atom. The molecule has 3 aromatic carbocycles. The zero-order chi connectivity index (χ0) is 23.9. The second kappa shape index (κ2) is 8.33. The van der Waals surface area contributed by atoms with Gasteiger partial charge >= 0.3 is 0 Å². The first kappa shape index (κ1) is 21.0. The van der Waals surface area contributed by atoms with Crippen LogP contribution in [0.2, 0.25) is 0 Å². The molecule has 6 aromatic rings. The zero-order valence-corrected chi connectivity index (χ0v) is 19.0. The molecule has 35 heavy (non-hydrogen) atoms. The number of benzene rings is 3. The summed E-state index contributed by atoms with van der Waals surface area (Å²) < 4.78 is 13.3. The molecule has 0 saturated carbocycles. The van der Waals surface area contributed by atoms with E-state index >= 15 is 0 Å². The number of hydrogen-bond donors (Lipinski definition) is 2. The molecule has 3 aromatic heterocycles. The number of halogens is 1. The Hall–Kier alpha value is -4.58. The number of nitrogens with zero attached hydrogens (tertiary/aromatic N) is 2. The lowest BCUT2D eigenvalue weighted by atomic mass is 9.98. The Kier molecular flexibility index (Phi) is 4.99. The van der Waals surface area contributed by atoms with Crippen molar-refractivity contribution in [3.8, 4) is 11.1 Å². The van der Waals surface area contributed by atoms with Gasteiger partial charge in [0.25, 0.3) is 0 Å². The molecule has 6 heteroatoms. The van der Waals surface area contributed by atoms with E-state index in [4.69, 9.17) is 0 Å². The van der Waals surface area contributed by atoms with Crippen molar-refractivity contribution < 1.29 is 9.18 Å². The molecule has 0 aliphatic rings. The van der Waals surface area contributed by atoms with E-state index in [0.717, 1.165) is 50.1 Å². The molecule has 0 spiro atoms. The third kappa shape index (κ3) is 3.89. The monoisotopic (exact) mass is 460 g/mol. The van der Waals surface area contributed by atoms with E-state index in [1.54, 1.807) is 24.5 Å². The Bertz CT molecular complexity index is 1700. The number of nitrogens with one attached hydrogen (secondary N) is 2. The molecule has 0 unspecified atom stereocenters. The fraction of sp³-hybridized carbons (Fsp3) is 0.0690. The van der Waals surface area contributed by atoms with Gasteiger partial charge in [0, 0.05) is 40.8 Å². The van der Waals surface area contributed by atoms with Crippen LogP contribution in [0.4, 0.5) is 4.39 Å². The maximum atomic E-state index is 13.3. The third-order valence-corrected chi connectivity index (χ3v) is 6.29. The minimum absolute atomic E-state index is 0.0412. The number of fused-ring (bicyclic) bond motifs is 2. The predicted molar refractivity (Wildman–Crippen MR) is 135 cm³/mol. The van der Waals surface area contributed by atoms with Crippen LogP contribution in [-0.4, -0.2) is 25.7 Å². The van der Waals surface area contributed by atoms with Gasteiger partial charge in [-0.3, -0.25) is 9.78 Å². The smallest absolute Gasteiger partial charge is 0.195 e.